The van der Waals surface area contributed by atoms with Crippen LogP contribution in [0.5, 0.6) is 0 Å². The second-order valence-corrected chi connectivity index (χ2v) is 7.47. The van der Waals surface area contributed by atoms with Crippen LogP contribution in [-0.4, -0.2) is 51.0 Å². The van der Waals surface area contributed by atoms with Crippen LogP contribution in [-0.2, 0) is 6.54 Å². The van der Waals surface area contributed by atoms with Gasteiger partial charge in [0, 0.05) is 68.0 Å². The number of anilines is 1. The quantitative estimate of drug-likeness (QED) is 0.699. The van der Waals surface area contributed by atoms with Gasteiger partial charge in [-0.15, -0.1) is 0 Å². The van der Waals surface area contributed by atoms with E-state index in [2.05, 4.69) is 61.8 Å². The molecule has 3 heterocycles. The summed E-state index contributed by atoms with van der Waals surface area (Å²) < 4.78 is 0. The van der Waals surface area contributed by atoms with Crippen LogP contribution >= 0.6 is 0 Å². The van der Waals surface area contributed by atoms with Gasteiger partial charge in [-0.2, -0.15) is 0 Å². The van der Waals surface area contributed by atoms with E-state index in [-0.39, 0.29) is 0 Å². The second kappa shape index (κ2) is 8.02. The number of hydrogen-bond acceptors (Lipinski definition) is 6. The molecule has 4 rings (SSSR count). The molecular weight excluding hydrogens is 348 g/mol. The van der Waals surface area contributed by atoms with Crippen molar-refractivity contribution in [3.8, 4) is 11.4 Å². The van der Waals surface area contributed by atoms with Crippen molar-refractivity contribution in [3.63, 3.8) is 0 Å². The standard InChI is InChI=1S/C22H26N6/c1-16-5-4-6-20(11-16)21-24-13-19(14-25-21)15-27-7-9-28(10-8-27)22-17(2)12-23-18(3)26-22/h4-6,11-14H,7-10,15H2,1-3H3. The maximum Gasteiger partial charge on any atom is 0.159 e. The first-order valence-corrected chi connectivity index (χ1v) is 9.74. The number of piperazine rings is 1. The molecule has 0 amide bonds. The SMILES string of the molecule is Cc1cccc(-c2ncc(CN3CCN(c4nc(C)ncc4C)CC3)cn2)c1. The van der Waals surface area contributed by atoms with Gasteiger partial charge >= 0.3 is 0 Å². The van der Waals surface area contributed by atoms with Crippen LogP contribution in [0.3, 0.4) is 0 Å². The van der Waals surface area contributed by atoms with Crippen molar-refractivity contribution in [2.24, 2.45) is 0 Å². The molecule has 6 heteroatoms. The predicted molar refractivity (Wildman–Crippen MR) is 111 cm³/mol. The van der Waals surface area contributed by atoms with E-state index >= 15 is 0 Å². The van der Waals surface area contributed by atoms with Gasteiger partial charge in [-0.1, -0.05) is 23.8 Å². The first-order chi connectivity index (χ1) is 13.6. The highest BCUT2D eigenvalue weighted by atomic mass is 15.3. The lowest BCUT2D eigenvalue weighted by Gasteiger charge is -2.36. The van der Waals surface area contributed by atoms with E-state index < -0.39 is 0 Å². The highest BCUT2D eigenvalue weighted by Crippen LogP contribution is 2.19. The summed E-state index contributed by atoms with van der Waals surface area (Å²) in [5.74, 6) is 2.68. The Morgan fingerprint density at radius 1 is 0.893 bits per heavy atom. The maximum atomic E-state index is 4.63. The second-order valence-electron chi connectivity index (χ2n) is 7.47. The summed E-state index contributed by atoms with van der Waals surface area (Å²) >= 11 is 0. The Morgan fingerprint density at radius 3 is 2.36 bits per heavy atom. The predicted octanol–water partition coefficient (Wildman–Crippen LogP) is 3.18. The zero-order chi connectivity index (χ0) is 19.5. The fraction of sp³-hybridized carbons (Fsp3) is 0.364. The molecular formula is C22H26N6. The van der Waals surface area contributed by atoms with Crippen molar-refractivity contribution in [1.82, 2.24) is 24.8 Å². The van der Waals surface area contributed by atoms with Crippen molar-refractivity contribution < 1.29 is 0 Å². The molecule has 0 aliphatic carbocycles. The van der Waals surface area contributed by atoms with Gasteiger partial charge in [0.15, 0.2) is 5.82 Å². The third-order valence-electron chi connectivity index (χ3n) is 5.13. The molecule has 28 heavy (non-hydrogen) atoms. The minimum absolute atomic E-state index is 0.784. The van der Waals surface area contributed by atoms with Crippen LogP contribution in [0.1, 0.15) is 22.5 Å². The van der Waals surface area contributed by atoms with E-state index in [0.29, 0.717) is 0 Å². The molecule has 0 bridgehead atoms. The van der Waals surface area contributed by atoms with Gasteiger partial charge in [-0.05, 0) is 26.8 Å². The summed E-state index contributed by atoms with van der Waals surface area (Å²) in [5.41, 5.74) is 4.57. The summed E-state index contributed by atoms with van der Waals surface area (Å²) in [4.78, 5) is 22.9. The molecule has 6 nitrogen and oxygen atoms in total. The first kappa shape index (κ1) is 18.5. The Labute approximate surface area is 166 Å². The van der Waals surface area contributed by atoms with Gasteiger partial charge < -0.3 is 4.90 Å². The van der Waals surface area contributed by atoms with Crippen LogP contribution in [0.4, 0.5) is 5.82 Å². The summed E-state index contributed by atoms with van der Waals surface area (Å²) in [6.45, 7) is 10.9. The van der Waals surface area contributed by atoms with E-state index in [1.165, 1.54) is 5.56 Å². The monoisotopic (exact) mass is 374 g/mol. The molecule has 144 valence electrons. The van der Waals surface area contributed by atoms with Crippen LogP contribution < -0.4 is 4.90 Å². The molecule has 0 N–H and O–H groups in total. The summed E-state index contributed by atoms with van der Waals surface area (Å²) in [6, 6.07) is 8.30. The molecule has 0 unspecified atom stereocenters. The van der Waals surface area contributed by atoms with Gasteiger partial charge in [-0.25, -0.2) is 19.9 Å². The Bertz CT molecular complexity index is 945. The Kier molecular flexibility index (Phi) is 5.30. The number of benzene rings is 1. The van der Waals surface area contributed by atoms with Crippen molar-refractivity contribution in [3.05, 3.63) is 65.4 Å². The molecule has 1 saturated heterocycles. The summed E-state index contributed by atoms with van der Waals surface area (Å²) in [7, 11) is 0. The minimum atomic E-state index is 0.784. The van der Waals surface area contributed by atoms with Gasteiger partial charge in [0.25, 0.3) is 0 Å². The topological polar surface area (TPSA) is 58.0 Å². The fourth-order valence-corrected chi connectivity index (χ4v) is 3.58. The first-order valence-electron chi connectivity index (χ1n) is 9.74. The molecule has 3 aromatic rings. The molecule has 0 spiro atoms. The number of aromatic nitrogens is 4. The summed E-state index contributed by atoms with van der Waals surface area (Å²) in [6.07, 6.45) is 5.82. The van der Waals surface area contributed by atoms with E-state index in [9.17, 15) is 0 Å². The molecule has 0 saturated carbocycles. The third-order valence-corrected chi connectivity index (χ3v) is 5.13. The van der Waals surface area contributed by atoms with Crippen LogP contribution in [0.25, 0.3) is 11.4 Å². The van der Waals surface area contributed by atoms with E-state index in [4.69, 9.17) is 0 Å². The van der Waals surface area contributed by atoms with Crippen LogP contribution in [0.15, 0.2) is 42.9 Å². The summed E-state index contributed by atoms with van der Waals surface area (Å²) in [5, 5.41) is 0. The molecule has 0 radical (unpaired) electrons. The fourth-order valence-electron chi connectivity index (χ4n) is 3.58. The van der Waals surface area contributed by atoms with Gasteiger partial charge in [0.2, 0.25) is 0 Å². The van der Waals surface area contributed by atoms with Crippen molar-refractivity contribution in [2.45, 2.75) is 27.3 Å². The average molecular weight is 374 g/mol. The molecule has 0 atom stereocenters. The van der Waals surface area contributed by atoms with E-state index in [1.807, 2.05) is 31.6 Å². The highest BCUT2D eigenvalue weighted by Gasteiger charge is 2.20. The lowest BCUT2D eigenvalue weighted by Crippen LogP contribution is -2.46. The average Bonchev–Trinajstić information content (AvgIpc) is 2.71. The molecule has 1 aliphatic heterocycles. The minimum Gasteiger partial charge on any atom is -0.354 e. The normalized spacial score (nSPS) is 15.0. The van der Waals surface area contributed by atoms with Crippen molar-refractivity contribution >= 4 is 5.82 Å². The number of aryl methyl sites for hydroxylation is 3. The lowest BCUT2D eigenvalue weighted by molar-refractivity contribution is 0.248. The van der Waals surface area contributed by atoms with Gasteiger partial charge in [0.05, 0.1) is 0 Å². The molecule has 1 aliphatic rings. The number of hydrogen-bond donors (Lipinski definition) is 0. The molecule has 2 aromatic heterocycles. The Hall–Kier alpha value is -2.86. The van der Waals surface area contributed by atoms with Crippen molar-refractivity contribution in [2.75, 3.05) is 31.1 Å². The zero-order valence-corrected chi connectivity index (χ0v) is 16.8. The smallest absolute Gasteiger partial charge is 0.159 e. The molecule has 1 fully saturated rings. The molecule has 1 aromatic carbocycles. The number of rotatable bonds is 4. The van der Waals surface area contributed by atoms with Gasteiger partial charge in [-0.3, -0.25) is 4.90 Å². The Balaban J connectivity index is 1.36. The van der Waals surface area contributed by atoms with Crippen LogP contribution in [0.2, 0.25) is 0 Å². The lowest BCUT2D eigenvalue weighted by atomic mass is 10.1. The largest absolute Gasteiger partial charge is 0.354 e. The van der Waals surface area contributed by atoms with E-state index in [1.54, 1.807) is 0 Å². The van der Waals surface area contributed by atoms with Gasteiger partial charge in [0.1, 0.15) is 11.6 Å². The highest BCUT2D eigenvalue weighted by molar-refractivity contribution is 5.55. The van der Waals surface area contributed by atoms with Crippen LogP contribution in [0, 0.1) is 20.8 Å². The Morgan fingerprint density at radius 2 is 1.64 bits per heavy atom. The zero-order valence-electron chi connectivity index (χ0n) is 16.8. The maximum absolute atomic E-state index is 4.63. The van der Waals surface area contributed by atoms with Crippen molar-refractivity contribution in [1.29, 1.82) is 0 Å². The number of nitrogens with zero attached hydrogens (tertiary/aromatic N) is 6. The third kappa shape index (κ3) is 4.17. The van der Waals surface area contributed by atoms with E-state index in [0.717, 1.165) is 66.9 Å².